The third-order valence-corrected chi connectivity index (χ3v) is 5.72. The number of aliphatic hydroxyl groups is 1. The van der Waals surface area contributed by atoms with Gasteiger partial charge in [-0.05, 0) is 54.6 Å². The van der Waals surface area contributed by atoms with E-state index in [4.69, 9.17) is 15.2 Å². The average molecular weight is 473 g/mol. The first-order chi connectivity index (χ1) is 16.7. The van der Waals surface area contributed by atoms with Crippen LogP contribution in [0.25, 0.3) is 33.8 Å². The molecule has 178 valence electrons. The van der Waals surface area contributed by atoms with Crippen LogP contribution >= 0.6 is 0 Å². The lowest BCUT2D eigenvalue weighted by Crippen LogP contribution is -2.26. The Morgan fingerprint density at radius 1 is 1.06 bits per heavy atom. The Morgan fingerprint density at radius 2 is 1.80 bits per heavy atom. The number of imidazole rings is 1. The van der Waals surface area contributed by atoms with Gasteiger partial charge in [0, 0.05) is 23.5 Å². The van der Waals surface area contributed by atoms with Gasteiger partial charge in [0.25, 0.3) is 5.91 Å². The fourth-order valence-corrected chi connectivity index (χ4v) is 3.85. The minimum absolute atomic E-state index is 0.148. The first-order valence-corrected chi connectivity index (χ1v) is 11.3. The van der Waals surface area contributed by atoms with Gasteiger partial charge in [-0.3, -0.25) is 9.20 Å². The lowest BCUT2D eigenvalue weighted by molar-refractivity contribution is 0.0940. The molecule has 8 nitrogen and oxygen atoms in total. The van der Waals surface area contributed by atoms with E-state index in [2.05, 4.69) is 31.1 Å². The summed E-state index contributed by atoms with van der Waals surface area (Å²) in [5.74, 6) is -0.681. The van der Waals surface area contributed by atoms with Crippen LogP contribution < -0.4 is 5.32 Å². The van der Waals surface area contributed by atoms with E-state index in [1.54, 1.807) is 27.4 Å². The predicted molar refractivity (Wildman–Crippen MR) is 131 cm³/mol. The Balaban J connectivity index is 1.67. The minimum Gasteiger partial charge on any atom is -0.395 e. The number of halogens is 1. The topological polar surface area (TPSA) is 97.3 Å². The number of hydrogen-bond donors (Lipinski definition) is 2. The number of nitrogens with zero attached hydrogens (tertiary/aromatic N) is 5. The largest absolute Gasteiger partial charge is 0.395 e. The van der Waals surface area contributed by atoms with Gasteiger partial charge in [-0.25, -0.2) is 19.0 Å². The number of pyridine rings is 2. The van der Waals surface area contributed by atoms with Gasteiger partial charge in [-0.15, -0.1) is 0 Å². The van der Waals surface area contributed by atoms with Crippen LogP contribution in [0.5, 0.6) is 0 Å². The normalized spacial score (nSPS) is 11.9. The monoisotopic (exact) mass is 472 g/mol. The van der Waals surface area contributed by atoms with Crippen molar-refractivity contribution < 1.29 is 14.3 Å². The summed E-state index contributed by atoms with van der Waals surface area (Å²) >= 11 is 0. The predicted octanol–water partition coefficient (Wildman–Crippen LogP) is 3.89. The quantitative estimate of drug-likeness (QED) is 0.405. The van der Waals surface area contributed by atoms with Crippen molar-refractivity contribution >= 4 is 22.6 Å². The number of aliphatic hydroxyl groups excluding tert-OH is 1. The zero-order chi connectivity index (χ0) is 24.7. The summed E-state index contributed by atoms with van der Waals surface area (Å²) in [5, 5.41) is 17.3. The van der Waals surface area contributed by atoms with E-state index in [1.165, 1.54) is 12.1 Å². The lowest BCUT2D eigenvalue weighted by Gasteiger charge is -2.14. The molecule has 0 aliphatic carbocycles. The molecule has 1 amide bonds. The van der Waals surface area contributed by atoms with Crippen LogP contribution in [-0.4, -0.2) is 48.3 Å². The molecule has 4 aromatic heterocycles. The first-order valence-electron chi connectivity index (χ1n) is 11.3. The van der Waals surface area contributed by atoms with Crippen molar-refractivity contribution in [2.45, 2.75) is 26.2 Å². The maximum absolute atomic E-state index is 13.6. The van der Waals surface area contributed by atoms with E-state index in [0.29, 0.717) is 17.0 Å². The molecule has 0 spiro atoms. The second-order valence-electron chi connectivity index (χ2n) is 9.33. The van der Waals surface area contributed by atoms with Gasteiger partial charge in [0.1, 0.15) is 22.8 Å². The molecule has 0 unspecified atom stereocenters. The molecule has 0 atom stereocenters. The van der Waals surface area contributed by atoms with Gasteiger partial charge in [-0.1, -0.05) is 20.8 Å². The molecule has 0 saturated carbocycles. The maximum Gasteiger partial charge on any atom is 0.271 e. The Hall–Kier alpha value is -4.11. The molecule has 0 aliphatic heterocycles. The maximum atomic E-state index is 13.6. The van der Waals surface area contributed by atoms with E-state index in [0.717, 1.165) is 22.5 Å². The number of rotatable bonds is 5. The Labute approximate surface area is 201 Å². The number of carbonyl (C=O) groups excluding carboxylic acids is 1. The van der Waals surface area contributed by atoms with E-state index in [-0.39, 0.29) is 36.0 Å². The number of fused-ring (bicyclic) bond motifs is 3. The molecule has 35 heavy (non-hydrogen) atoms. The minimum atomic E-state index is -0.365. The Morgan fingerprint density at radius 3 is 2.51 bits per heavy atom. The fourth-order valence-electron chi connectivity index (χ4n) is 3.85. The standard InChI is InChI=1S/C26H25FN6O2/c1-26(2,3)22-14-21(33(31-22)18-8-6-17(27)7-9-18)19-10-4-16-5-11-23-29-20(25(35)28-12-13-34)15-32(23)24(16)30-19/h4-11,14-15,34H,12-13H2,1-3H3,(H,28,35). The fraction of sp³-hybridized carbons (Fsp3) is 0.231. The third-order valence-electron chi connectivity index (χ3n) is 5.72. The average Bonchev–Trinajstić information content (AvgIpc) is 3.48. The molecular formula is C26H25FN6O2. The molecule has 0 saturated heterocycles. The Kier molecular flexibility index (Phi) is 5.56. The van der Waals surface area contributed by atoms with Gasteiger partial charge >= 0.3 is 0 Å². The number of carbonyl (C=O) groups is 1. The SMILES string of the molecule is CC(C)(C)c1cc(-c2ccc3ccc4nc(C(=O)NCCO)cn4c3n2)n(-c2ccc(F)cc2)n1. The molecule has 0 radical (unpaired) electrons. The van der Waals surface area contributed by atoms with Crippen LogP contribution in [0.15, 0.2) is 60.8 Å². The summed E-state index contributed by atoms with van der Waals surface area (Å²) in [6.07, 6.45) is 1.64. The first kappa shape index (κ1) is 22.7. The summed E-state index contributed by atoms with van der Waals surface area (Å²) in [6.45, 7) is 6.26. The number of amides is 1. The molecule has 0 bridgehead atoms. The molecule has 5 aromatic rings. The molecular weight excluding hydrogens is 447 g/mol. The van der Waals surface area contributed by atoms with Crippen molar-refractivity contribution in [3.63, 3.8) is 0 Å². The number of hydrogen-bond acceptors (Lipinski definition) is 5. The highest BCUT2D eigenvalue weighted by Gasteiger charge is 2.22. The van der Waals surface area contributed by atoms with Crippen LogP contribution in [0.3, 0.4) is 0 Å². The van der Waals surface area contributed by atoms with Crippen molar-refractivity contribution in [3.05, 3.63) is 78.0 Å². The summed E-state index contributed by atoms with van der Waals surface area (Å²) < 4.78 is 17.1. The highest BCUT2D eigenvalue weighted by Crippen LogP contribution is 2.30. The summed E-state index contributed by atoms with van der Waals surface area (Å²) in [5.41, 5.74) is 4.30. The molecule has 1 aromatic carbocycles. The second-order valence-corrected chi connectivity index (χ2v) is 9.33. The smallest absolute Gasteiger partial charge is 0.271 e. The van der Waals surface area contributed by atoms with E-state index < -0.39 is 0 Å². The van der Waals surface area contributed by atoms with E-state index in [9.17, 15) is 9.18 Å². The summed E-state index contributed by atoms with van der Waals surface area (Å²) in [7, 11) is 0. The van der Waals surface area contributed by atoms with Gasteiger partial charge in [0.05, 0.1) is 29.4 Å². The molecule has 9 heteroatoms. The highest BCUT2D eigenvalue weighted by atomic mass is 19.1. The van der Waals surface area contributed by atoms with E-state index in [1.807, 2.05) is 30.3 Å². The van der Waals surface area contributed by atoms with Gasteiger partial charge in [0.2, 0.25) is 0 Å². The van der Waals surface area contributed by atoms with Crippen molar-refractivity contribution in [1.29, 1.82) is 0 Å². The van der Waals surface area contributed by atoms with Crippen LogP contribution in [0.2, 0.25) is 0 Å². The second kappa shape index (κ2) is 8.59. The highest BCUT2D eigenvalue weighted by molar-refractivity contribution is 5.93. The third kappa shape index (κ3) is 4.26. The van der Waals surface area contributed by atoms with Crippen molar-refractivity contribution in [2.24, 2.45) is 0 Å². The number of nitrogens with one attached hydrogen (secondary N) is 1. The van der Waals surface area contributed by atoms with Crippen LogP contribution in [0, 0.1) is 5.82 Å². The van der Waals surface area contributed by atoms with E-state index >= 15 is 0 Å². The lowest BCUT2D eigenvalue weighted by atomic mass is 9.92. The van der Waals surface area contributed by atoms with Gasteiger partial charge in [-0.2, -0.15) is 5.10 Å². The van der Waals surface area contributed by atoms with Crippen LogP contribution in [-0.2, 0) is 5.41 Å². The van der Waals surface area contributed by atoms with Crippen molar-refractivity contribution in [2.75, 3.05) is 13.2 Å². The number of benzene rings is 1. The molecule has 0 aliphatic rings. The van der Waals surface area contributed by atoms with Crippen molar-refractivity contribution in [1.82, 2.24) is 29.5 Å². The summed E-state index contributed by atoms with van der Waals surface area (Å²) in [4.78, 5) is 21.7. The zero-order valence-electron chi connectivity index (χ0n) is 19.7. The number of aromatic nitrogens is 5. The Bertz CT molecular complexity index is 1550. The van der Waals surface area contributed by atoms with Gasteiger partial charge in [0.15, 0.2) is 0 Å². The van der Waals surface area contributed by atoms with Gasteiger partial charge < -0.3 is 10.4 Å². The zero-order valence-corrected chi connectivity index (χ0v) is 19.7. The molecule has 4 heterocycles. The van der Waals surface area contributed by atoms with Crippen molar-refractivity contribution in [3.8, 4) is 17.1 Å². The molecule has 5 rings (SSSR count). The van der Waals surface area contributed by atoms with Crippen LogP contribution in [0.4, 0.5) is 4.39 Å². The van der Waals surface area contributed by atoms with Crippen LogP contribution in [0.1, 0.15) is 37.0 Å². The molecule has 0 fully saturated rings. The molecule has 2 N–H and O–H groups in total. The summed E-state index contributed by atoms with van der Waals surface area (Å²) in [6, 6.07) is 15.8.